The molecule has 1 atom stereocenters. The van der Waals surface area contributed by atoms with Gasteiger partial charge in [-0.1, -0.05) is 37.3 Å². The molecule has 0 bridgehead atoms. The number of hydrogen-bond donors (Lipinski definition) is 1. The molecular weight excluding hydrogens is 352 g/mol. The van der Waals surface area contributed by atoms with E-state index in [1.807, 2.05) is 54.1 Å². The molecule has 3 rings (SSSR count). The number of carbonyl (C=O) groups excluding carboxylic acids is 2. The zero-order valence-corrected chi connectivity index (χ0v) is 16.4. The summed E-state index contributed by atoms with van der Waals surface area (Å²) in [4.78, 5) is 30.7. The Morgan fingerprint density at radius 1 is 1.12 bits per heavy atom. The van der Waals surface area contributed by atoms with E-state index in [0.29, 0.717) is 38.6 Å². The van der Waals surface area contributed by atoms with Crippen molar-refractivity contribution in [3.63, 3.8) is 0 Å². The zero-order chi connectivity index (χ0) is 17.8. The van der Waals surface area contributed by atoms with E-state index >= 15 is 0 Å². The first-order chi connectivity index (χ1) is 12.1. The second kappa shape index (κ2) is 9.24. The smallest absolute Gasteiger partial charge is 0.320 e. The minimum absolute atomic E-state index is 0. The lowest BCUT2D eigenvalue weighted by atomic mass is 9.88. The van der Waals surface area contributed by atoms with Crippen molar-refractivity contribution in [1.29, 1.82) is 0 Å². The monoisotopic (exact) mass is 380 g/mol. The number of rotatable bonds is 4. The first-order valence-electron chi connectivity index (χ1n) is 9.09. The second-order valence-corrected chi connectivity index (χ2v) is 7.14. The Morgan fingerprint density at radius 3 is 2.23 bits per heavy atom. The van der Waals surface area contributed by atoms with E-state index in [-0.39, 0.29) is 30.3 Å². The highest BCUT2D eigenvalue weighted by atomic mass is 35.5. The average Bonchev–Trinajstić information content (AvgIpc) is 2.60. The van der Waals surface area contributed by atoms with E-state index in [4.69, 9.17) is 0 Å². The number of amides is 3. The van der Waals surface area contributed by atoms with Gasteiger partial charge in [-0.05, 0) is 24.6 Å². The summed E-state index contributed by atoms with van der Waals surface area (Å²) in [5, 5.41) is 3.23. The Bertz CT molecular complexity index is 601. The average molecular weight is 381 g/mol. The Kier molecular flexibility index (Phi) is 7.29. The van der Waals surface area contributed by atoms with Crippen molar-refractivity contribution in [2.75, 3.05) is 46.3 Å². The van der Waals surface area contributed by atoms with Crippen molar-refractivity contribution in [3.8, 4) is 0 Å². The van der Waals surface area contributed by atoms with Crippen LogP contribution in [0.5, 0.6) is 0 Å². The van der Waals surface area contributed by atoms with E-state index in [9.17, 15) is 9.59 Å². The Morgan fingerprint density at radius 2 is 1.69 bits per heavy atom. The minimum Gasteiger partial charge on any atom is -0.339 e. The van der Waals surface area contributed by atoms with Gasteiger partial charge >= 0.3 is 6.03 Å². The summed E-state index contributed by atoms with van der Waals surface area (Å²) in [6.45, 7) is 7.00. The normalized spacial score (nSPS) is 18.5. The van der Waals surface area contributed by atoms with Gasteiger partial charge in [-0.3, -0.25) is 4.79 Å². The quantitative estimate of drug-likeness (QED) is 0.864. The highest BCUT2D eigenvalue weighted by molar-refractivity contribution is 5.85. The largest absolute Gasteiger partial charge is 0.339 e. The first kappa shape index (κ1) is 20.5. The van der Waals surface area contributed by atoms with Crippen molar-refractivity contribution in [1.82, 2.24) is 20.0 Å². The zero-order valence-electron chi connectivity index (χ0n) is 15.6. The van der Waals surface area contributed by atoms with E-state index in [2.05, 4.69) is 5.32 Å². The number of piperazine rings is 1. The molecule has 2 aliphatic heterocycles. The molecule has 0 radical (unpaired) electrons. The number of carbonyl (C=O) groups is 2. The van der Waals surface area contributed by atoms with Gasteiger partial charge in [0.15, 0.2) is 0 Å². The molecule has 2 fully saturated rings. The fourth-order valence-electron chi connectivity index (χ4n) is 3.44. The molecule has 0 spiro atoms. The fraction of sp³-hybridized carbons (Fsp3) is 0.579. The molecule has 3 amide bonds. The van der Waals surface area contributed by atoms with Crippen molar-refractivity contribution < 1.29 is 9.59 Å². The molecule has 7 heteroatoms. The van der Waals surface area contributed by atoms with E-state index in [0.717, 1.165) is 18.7 Å². The van der Waals surface area contributed by atoms with Crippen LogP contribution in [0.1, 0.15) is 12.5 Å². The standard InChI is InChI=1S/C19H28N4O2.ClH/c1-15(17-12-20-13-17)18(24)22-8-10-23(11-9-22)19(25)21(2)14-16-6-4-3-5-7-16;/h3-7,15,17,20H,8-14H2,1-2H3;1H. The Balaban J connectivity index is 0.00000243. The molecule has 2 saturated heterocycles. The number of hydrogen-bond acceptors (Lipinski definition) is 3. The third-order valence-electron chi connectivity index (χ3n) is 5.36. The van der Waals surface area contributed by atoms with Gasteiger partial charge in [0, 0.05) is 45.7 Å². The molecule has 1 aromatic carbocycles. The summed E-state index contributed by atoms with van der Waals surface area (Å²) >= 11 is 0. The number of nitrogens with one attached hydrogen (secondary N) is 1. The number of urea groups is 1. The lowest BCUT2D eigenvalue weighted by molar-refractivity contribution is -0.138. The molecule has 1 N–H and O–H groups in total. The van der Waals surface area contributed by atoms with Crippen LogP contribution >= 0.6 is 12.4 Å². The molecule has 1 aromatic rings. The van der Waals surface area contributed by atoms with Crippen LogP contribution in [0.25, 0.3) is 0 Å². The Labute approximate surface area is 161 Å². The third kappa shape index (κ3) is 4.68. The molecule has 144 valence electrons. The summed E-state index contributed by atoms with van der Waals surface area (Å²) in [6.07, 6.45) is 0. The number of benzene rings is 1. The van der Waals surface area contributed by atoms with Gasteiger partial charge in [0.05, 0.1) is 0 Å². The topological polar surface area (TPSA) is 55.9 Å². The lowest BCUT2D eigenvalue weighted by Gasteiger charge is -2.40. The molecule has 6 nitrogen and oxygen atoms in total. The highest BCUT2D eigenvalue weighted by Gasteiger charge is 2.33. The van der Waals surface area contributed by atoms with Crippen LogP contribution in [0.15, 0.2) is 30.3 Å². The van der Waals surface area contributed by atoms with Gasteiger partial charge in [0.2, 0.25) is 5.91 Å². The number of halogens is 1. The molecule has 2 heterocycles. The maximum Gasteiger partial charge on any atom is 0.320 e. The van der Waals surface area contributed by atoms with Crippen molar-refractivity contribution in [3.05, 3.63) is 35.9 Å². The van der Waals surface area contributed by atoms with Crippen molar-refractivity contribution >= 4 is 24.3 Å². The molecular formula is C19H29ClN4O2. The summed E-state index contributed by atoms with van der Waals surface area (Å²) in [5.74, 6) is 0.768. The van der Waals surface area contributed by atoms with Gasteiger partial charge < -0.3 is 20.0 Å². The SMILES string of the molecule is CC(C(=O)N1CCN(C(=O)N(C)Cc2ccccc2)CC1)C1CNC1.Cl. The summed E-state index contributed by atoms with van der Waals surface area (Å²) < 4.78 is 0. The Hall–Kier alpha value is -1.79. The van der Waals surface area contributed by atoms with Crippen LogP contribution in [0.2, 0.25) is 0 Å². The van der Waals surface area contributed by atoms with Crippen molar-refractivity contribution in [2.45, 2.75) is 13.5 Å². The minimum atomic E-state index is 0. The highest BCUT2D eigenvalue weighted by Crippen LogP contribution is 2.19. The van der Waals surface area contributed by atoms with E-state index < -0.39 is 0 Å². The van der Waals surface area contributed by atoms with E-state index in [1.165, 1.54) is 0 Å². The van der Waals surface area contributed by atoms with Crippen LogP contribution in [0.4, 0.5) is 4.79 Å². The van der Waals surface area contributed by atoms with Crippen LogP contribution in [-0.4, -0.2) is 73.0 Å². The van der Waals surface area contributed by atoms with Crippen LogP contribution in [0.3, 0.4) is 0 Å². The molecule has 1 unspecified atom stereocenters. The summed E-state index contributed by atoms with van der Waals surface area (Å²) in [7, 11) is 1.83. The van der Waals surface area contributed by atoms with Crippen LogP contribution in [-0.2, 0) is 11.3 Å². The lowest BCUT2D eigenvalue weighted by Crippen LogP contribution is -2.56. The van der Waals surface area contributed by atoms with E-state index in [1.54, 1.807) is 4.90 Å². The third-order valence-corrected chi connectivity index (χ3v) is 5.36. The molecule has 0 aliphatic carbocycles. The van der Waals surface area contributed by atoms with Crippen LogP contribution in [0, 0.1) is 11.8 Å². The molecule has 26 heavy (non-hydrogen) atoms. The first-order valence-corrected chi connectivity index (χ1v) is 9.09. The molecule has 0 saturated carbocycles. The summed E-state index contributed by atoms with van der Waals surface area (Å²) in [6, 6.07) is 10.0. The maximum atomic E-state index is 12.6. The summed E-state index contributed by atoms with van der Waals surface area (Å²) in [5.41, 5.74) is 1.12. The maximum absolute atomic E-state index is 12.6. The van der Waals surface area contributed by atoms with Gasteiger partial charge in [0.25, 0.3) is 0 Å². The molecule has 0 aromatic heterocycles. The van der Waals surface area contributed by atoms with Gasteiger partial charge in [-0.15, -0.1) is 12.4 Å². The van der Waals surface area contributed by atoms with Gasteiger partial charge in [0.1, 0.15) is 0 Å². The predicted molar refractivity (Wildman–Crippen MR) is 104 cm³/mol. The van der Waals surface area contributed by atoms with Crippen molar-refractivity contribution in [2.24, 2.45) is 11.8 Å². The second-order valence-electron chi connectivity index (χ2n) is 7.14. The van der Waals surface area contributed by atoms with Gasteiger partial charge in [-0.2, -0.15) is 0 Å². The molecule has 2 aliphatic rings. The predicted octanol–water partition coefficient (Wildman–Crippen LogP) is 1.66. The number of nitrogens with zero attached hydrogens (tertiary/aromatic N) is 3. The van der Waals surface area contributed by atoms with Crippen LogP contribution < -0.4 is 5.32 Å². The fourth-order valence-corrected chi connectivity index (χ4v) is 3.44. The van der Waals surface area contributed by atoms with Gasteiger partial charge in [-0.25, -0.2) is 4.79 Å².